The molecule has 0 saturated heterocycles. The number of aromatic nitrogens is 1. The Morgan fingerprint density at radius 1 is 0.912 bits per heavy atom. The van der Waals surface area contributed by atoms with Crippen molar-refractivity contribution in [2.75, 3.05) is 11.9 Å². The van der Waals surface area contributed by atoms with Crippen LogP contribution in [0.5, 0.6) is 0 Å². The summed E-state index contributed by atoms with van der Waals surface area (Å²) in [7, 11) is 0. The molecular weight excluding hydrogens is 430 g/mol. The summed E-state index contributed by atoms with van der Waals surface area (Å²) in [5.74, 6) is -0.391. The summed E-state index contributed by atoms with van der Waals surface area (Å²) < 4.78 is 5.86. The van der Waals surface area contributed by atoms with Crippen LogP contribution in [-0.2, 0) is 20.7 Å². The summed E-state index contributed by atoms with van der Waals surface area (Å²) in [6.45, 7) is -0.277. The highest BCUT2D eigenvalue weighted by molar-refractivity contribution is 5.91. The van der Waals surface area contributed by atoms with Gasteiger partial charge in [-0.15, -0.1) is 0 Å². The third-order valence-electron chi connectivity index (χ3n) is 5.54. The summed E-state index contributed by atoms with van der Waals surface area (Å²) in [6, 6.07) is 20.8. The molecule has 2 heterocycles. The van der Waals surface area contributed by atoms with Crippen molar-refractivity contribution in [3.63, 3.8) is 0 Å². The topological polar surface area (TPSA) is 101 Å². The molecule has 0 radical (unpaired) electrons. The molecule has 1 aromatic heterocycles. The number of benzene rings is 2. The lowest BCUT2D eigenvalue weighted by Gasteiger charge is -2.31. The van der Waals surface area contributed by atoms with E-state index in [9.17, 15) is 14.7 Å². The van der Waals surface area contributed by atoms with Crippen LogP contribution in [0.1, 0.15) is 12.0 Å². The Bertz CT molecular complexity index is 1120. The number of hydrogen-bond donors (Lipinski definition) is 3. The molecule has 3 atom stereocenters. The molecule has 0 unspecified atom stereocenters. The second kappa shape index (κ2) is 11.4. The second-order valence-electron chi connectivity index (χ2n) is 8.11. The number of aliphatic hydroxyl groups excluding tert-OH is 1. The first-order valence-electron chi connectivity index (χ1n) is 11.2. The Balaban J connectivity index is 1.29. The standard InChI is InChI=1S/C27H27N3O4/c31-18-25-24(30-26(32)15-19-5-4-14-28-17-19)13-12-23(34-25)16-27(33)29-22-10-8-21(9-11-22)20-6-2-1-3-7-20/h1-14,17,23-25,31H,15-16,18H2,(H,29,33)(H,30,32)/t23-,24+,25+/m0/s1. The van der Waals surface area contributed by atoms with Crippen molar-refractivity contribution in [3.05, 3.63) is 96.8 Å². The number of nitrogens with zero attached hydrogens (tertiary/aromatic N) is 1. The molecule has 174 valence electrons. The van der Waals surface area contributed by atoms with Gasteiger partial charge in [-0.3, -0.25) is 14.6 Å². The predicted molar refractivity (Wildman–Crippen MR) is 130 cm³/mol. The highest BCUT2D eigenvalue weighted by Gasteiger charge is 2.29. The van der Waals surface area contributed by atoms with E-state index in [1.54, 1.807) is 30.6 Å². The van der Waals surface area contributed by atoms with Crippen LogP contribution in [0.4, 0.5) is 5.69 Å². The summed E-state index contributed by atoms with van der Waals surface area (Å²) in [5, 5.41) is 15.5. The molecule has 0 saturated carbocycles. The SMILES string of the molecule is O=C(C[C@@H]1C=C[C@@H](NC(=O)Cc2cccnc2)[C@@H](CO)O1)Nc1ccc(-c2ccccc2)cc1. The van der Waals surface area contributed by atoms with Gasteiger partial charge in [0.2, 0.25) is 11.8 Å². The molecule has 4 rings (SSSR count). The van der Waals surface area contributed by atoms with Gasteiger partial charge in [-0.05, 0) is 34.9 Å². The molecule has 3 N–H and O–H groups in total. The van der Waals surface area contributed by atoms with Crippen molar-refractivity contribution >= 4 is 17.5 Å². The zero-order valence-electron chi connectivity index (χ0n) is 18.6. The van der Waals surface area contributed by atoms with Crippen molar-refractivity contribution in [1.29, 1.82) is 0 Å². The quantitative estimate of drug-likeness (QED) is 0.451. The van der Waals surface area contributed by atoms with Gasteiger partial charge in [-0.25, -0.2) is 0 Å². The molecule has 7 nitrogen and oxygen atoms in total. The Hall–Kier alpha value is -3.81. The van der Waals surface area contributed by atoms with Gasteiger partial charge in [0.1, 0.15) is 6.10 Å². The highest BCUT2D eigenvalue weighted by Crippen LogP contribution is 2.22. The molecule has 0 spiro atoms. The van der Waals surface area contributed by atoms with E-state index in [4.69, 9.17) is 4.74 Å². The zero-order valence-corrected chi connectivity index (χ0v) is 18.6. The number of ether oxygens (including phenoxy) is 1. The number of nitrogens with one attached hydrogen (secondary N) is 2. The van der Waals surface area contributed by atoms with Crippen LogP contribution in [-0.4, -0.2) is 46.8 Å². The Labute approximate surface area is 198 Å². The molecule has 1 aliphatic rings. The molecule has 3 aromatic rings. The molecule has 34 heavy (non-hydrogen) atoms. The maximum atomic E-state index is 12.5. The van der Waals surface area contributed by atoms with Crippen LogP contribution in [0.2, 0.25) is 0 Å². The number of anilines is 1. The lowest BCUT2D eigenvalue weighted by Crippen LogP contribution is -2.49. The van der Waals surface area contributed by atoms with Crippen LogP contribution in [0, 0.1) is 0 Å². The van der Waals surface area contributed by atoms with Crippen LogP contribution in [0.3, 0.4) is 0 Å². The maximum absolute atomic E-state index is 12.5. The summed E-state index contributed by atoms with van der Waals surface area (Å²) in [6.07, 6.45) is 5.97. The van der Waals surface area contributed by atoms with Gasteiger partial charge in [0.25, 0.3) is 0 Å². The summed E-state index contributed by atoms with van der Waals surface area (Å²) in [5.41, 5.74) is 3.68. The number of aliphatic hydroxyl groups is 1. The third-order valence-corrected chi connectivity index (χ3v) is 5.54. The number of carbonyl (C=O) groups excluding carboxylic acids is 2. The van der Waals surface area contributed by atoms with E-state index >= 15 is 0 Å². The number of hydrogen-bond acceptors (Lipinski definition) is 5. The minimum atomic E-state index is -0.634. The second-order valence-corrected chi connectivity index (χ2v) is 8.11. The third kappa shape index (κ3) is 6.37. The number of amides is 2. The maximum Gasteiger partial charge on any atom is 0.227 e. The normalized spacial score (nSPS) is 19.4. The van der Waals surface area contributed by atoms with Crippen molar-refractivity contribution in [3.8, 4) is 11.1 Å². The first-order valence-corrected chi connectivity index (χ1v) is 11.2. The molecule has 1 aliphatic heterocycles. The van der Waals surface area contributed by atoms with Gasteiger partial charge >= 0.3 is 0 Å². The molecular formula is C27H27N3O4. The van der Waals surface area contributed by atoms with Gasteiger partial charge in [0.05, 0.1) is 31.6 Å². The fraction of sp³-hybridized carbons (Fsp3) is 0.222. The first kappa shape index (κ1) is 23.4. The number of pyridine rings is 1. The Kier molecular flexibility index (Phi) is 7.80. The van der Waals surface area contributed by atoms with Gasteiger partial charge in [-0.2, -0.15) is 0 Å². The monoisotopic (exact) mass is 457 g/mol. The van der Waals surface area contributed by atoms with Crippen LogP contribution >= 0.6 is 0 Å². The lowest BCUT2D eigenvalue weighted by atomic mass is 10.0. The highest BCUT2D eigenvalue weighted by atomic mass is 16.5. The number of rotatable bonds is 8. The minimum Gasteiger partial charge on any atom is -0.394 e. The molecule has 2 amide bonds. The fourth-order valence-corrected chi connectivity index (χ4v) is 3.83. The van der Waals surface area contributed by atoms with Crippen molar-refractivity contribution in [1.82, 2.24) is 10.3 Å². The fourth-order valence-electron chi connectivity index (χ4n) is 3.83. The van der Waals surface area contributed by atoms with E-state index in [1.807, 2.05) is 60.7 Å². The molecule has 2 aromatic carbocycles. The largest absolute Gasteiger partial charge is 0.394 e. The van der Waals surface area contributed by atoms with Crippen molar-refractivity contribution < 1.29 is 19.4 Å². The minimum absolute atomic E-state index is 0.101. The van der Waals surface area contributed by atoms with Crippen molar-refractivity contribution in [2.24, 2.45) is 0 Å². The van der Waals surface area contributed by atoms with Crippen LogP contribution < -0.4 is 10.6 Å². The molecule has 0 fully saturated rings. The van der Waals surface area contributed by atoms with Crippen molar-refractivity contribution in [2.45, 2.75) is 31.1 Å². The average molecular weight is 458 g/mol. The van der Waals surface area contributed by atoms with E-state index in [0.29, 0.717) is 5.69 Å². The Morgan fingerprint density at radius 2 is 1.68 bits per heavy atom. The molecule has 7 heteroatoms. The Morgan fingerprint density at radius 3 is 2.38 bits per heavy atom. The lowest BCUT2D eigenvalue weighted by molar-refractivity contribution is -0.125. The van der Waals surface area contributed by atoms with E-state index in [0.717, 1.165) is 16.7 Å². The number of carbonyl (C=O) groups is 2. The van der Waals surface area contributed by atoms with Gasteiger partial charge in [0.15, 0.2) is 0 Å². The van der Waals surface area contributed by atoms with E-state index in [2.05, 4.69) is 15.6 Å². The van der Waals surface area contributed by atoms with E-state index in [-0.39, 0.29) is 31.3 Å². The van der Waals surface area contributed by atoms with Gasteiger partial charge in [-0.1, -0.05) is 60.7 Å². The predicted octanol–water partition coefficient (Wildman–Crippen LogP) is 3.12. The summed E-state index contributed by atoms with van der Waals surface area (Å²) in [4.78, 5) is 28.9. The van der Waals surface area contributed by atoms with Gasteiger partial charge in [0, 0.05) is 18.1 Å². The molecule has 0 bridgehead atoms. The molecule has 0 aliphatic carbocycles. The van der Waals surface area contributed by atoms with Gasteiger partial charge < -0.3 is 20.5 Å². The van der Waals surface area contributed by atoms with E-state index in [1.165, 1.54) is 0 Å². The first-order chi connectivity index (χ1) is 16.6. The summed E-state index contributed by atoms with van der Waals surface area (Å²) >= 11 is 0. The van der Waals surface area contributed by atoms with E-state index < -0.39 is 18.2 Å². The average Bonchev–Trinajstić information content (AvgIpc) is 2.86. The zero-order chi connectivity index (χ0) is 23.8. The van der Waals surface area contributed by atoms with Crippen LogP contribution in [0.25, 0.3) is 11.1 Å². The smallest absolute Gasteiger partial charge is 0.227 e. The van der Waals surface area contributed by atoms with Crippen LogP contribution in [0.15, 0.2) is 91.3 Å².